The highest BCUT2D eigenvalue weighted by molar-refractivity contribution is 5.78. The van der Waals surface area contributed by atoms with Crippen molar-refractivity contribution in [3.8, 4) is 34.2 Å². The number of benzene rings is 1. The second-order valence-electron chi connectivity index (χ2n) is 7.83. The minimum Gasteiger partial charge on any atom is -0.315 e. The van der Waals surface area contributed by atoms with Gasteiger partial charge in [0.25, 0.3) is 0 Å². The van der Waals surface area contributed by atoms with Gasteiger partial charge in [0, 0.05) is 41.7 Å². The molecule has 0 fully saturated rings. The van der Waals surface area contributed by atoms with Crippen LogP contribution in [0.1, 0.15) is 5.69 Å². The van der Waals surface area contributed by atoms with Gasteiger partial charge in [-0.2, -0.15) is 0 Å². The van der Waals surface area contributed by atoms with Crippen molar-refractivity contribution in [2.75, 3.05) is 0 Å². The summed E-state index contributed by atoms with van der Waals surface area (Å²) in [5.74, 6) is 0.840. The van der Waals surface area contributed by atoms with Crippen molar-refractivity contribution in [1.29, 1.82) is 0 Å². The predicted octanol–water partition coefficient (Wildman–Crippen LogP) is 5.64. The number of hydrogen-bond acceptors (Lipinski definition) is 4. The van der Waals surface area contributed by atoms with Crippen LogP contribution >= 0.6 is 0 Å². The van der Waals surface area contributed by atoms with Crippen LogP contribution in [0.4, 0.5) is 0 Å². The van der Waals surface area contributed by atoms with Gasteiger partial charge in [-0.1, -0.05) is 6.07 Å². The van der Waals surface area contributed by atoms with Crippen molar-refractivity contribution in [2.45, 2.75) is 6.92 Å². The van der Waals surface area contributed by atoms with Crippen molar-refractivity contribution >= 4 is 11.0 Å². The molecule has 0 spiro atoms. The van der Waals surface area contributed by atoms with Crippen LogP contribution < -0.4 is 0 Å². The van der Waals surface area contributed by atoms with E-state index in [4.69, 9.17) is 4.98 Å². The number of hydrogen-bond donors (Lipinski definition) is 0. The van der Waals surface area contributed by atoms with E-state index in [1.807, 2.05) is 68.1 Å². The third-order valence-corrected chi connectivity index (χ3v) is 5.67. The van der Waals surface area contributed by atoms with Gasteiger partial charge in [-0.05, 0) is 73.7 Å². The van der Waals surface area contributed by atoms with Crippen LogP contribution in [0.25, 0.3) is 45.2 Å². The van der Waals surface area contributed by atoms with Gasteiger partial charge in [-0.3, -0.25) is 19.5 Å². The summed E-state index contributed by atoms with van der Waals surface area (Å²) >= 11 is 0. The molecule has 0 radical (unpaired) electrons. The topological polar surface area (TPSA) is 61.4 Å². The molecular weight excluding hydrogens is 408 g/mol. The van der Waals surface area contributed by atoms with E-state index in [0.29, 0.717) is 0 Å². The molecule has 0 atom stereocenters. The first-order valence-electron chi connectivity index (χ1n) is 10.7. The first-order valence-corrected chi connectivity index (χ1v) is 10.7. The van der Waals surface area contributed by atoms with Crippen LogP contribution in [0.3, 0.4) is 0 Å². The Balaban J connectivity index is 1.45. The summed E-state index contributed by atoms with van der Waals surface area (Å²) in [5.41, 5.74) is 7.72. The predicted molar refractivity (Wildman–Crippen MR) is 129 cm³/mol. The van der Waals surface area contributed by atoms with E-state index in [-0.39, 0.29) is 0 Å². The smallest absolute Gasteiger partial charge is 0.145 e. The van der Waals surface area contributed by atoms with Crippen molar-refractivity contribution < 1.29 is 0 Å². The second kappa shape index (κ2) is 7.84. The molecule has 0 saturated heterocycles. The molecule has 0 N–H and O–H groups in total. The maximum atomic E-state index is 4.95. The zero-order chi connectivity index (χ0) is 22.2. The lowest BCUT2D eigenvalue weighted by Crippen LogP contribution is -1.98. The molecule has 0 unspecified atom stereocenters. The normalized spacial score (nSPS) is 11.2. The van der Waals surface area contributed by atoms with E-state index >= 15 is 0 Å². The Morgan fingerprint density at radius 2 is 1.52 bits per heavy atom. The highest BCUT2D eigenvalue weighted by Gasteiger charge is 2.14. The fourth-order valence-corrected chi connectivity index (χ4v) is 3.98. The van der Waals surface area contributed by atoms with Gasteiger partial charge in [0.1, 0.15) is 11.5 Å². The number of pyridine rings is 3. The minimum absolute atomic E-state index is 0.817. The Labute approximate surface area is 190 Å². The summed E-state index contributed by atoms with van der Waals surface area (Å²) < 4.78 is 4.21. The maximum Gasteiger partial charge on any atom is 0.145 e. The van der Waals surface area contributed by atoms with Gasteiger partial charge in [0.2, 0.25) is 0 Å². The average Bonchev–Trinajstić information content (AvgIpc) is 3.50. The van der Waals surface area contributed by atoms with Crippen LogP contribution in [-0.2, 0) is 0 Å². The van der Waals surface area contributed by atoms with Gasteiger partial charge >= 0.3 is 0 Å². The van der Waals surface area contributed by atoms with Crippen molar-refractivity contribution in [3.63, 3.8) is 0 Å². The molecule has 5 aromatic heterocycles. The molecule has 0 aliphatic carbocycles. The highest BCUT2D eigenvalue weighted by Crippen LogP contribution is 2.28. The first kappa shape index (κ1) is 19.1. The lowest BCUT2D eigenvalue weighted by Gasteiger charge is -2.10. The number of imidazole rings is 1. The number of fused-ring (bicyclic) bond motifs is 1. The van der Waals surface area contributed by atoms with E-state index in [9.17, 15) is 0 Å². The molecule has 0 amide bonds. The van der Waals surface area contributed by atoms with E-state index in [0.717, 1.165) is 50.9 Å². The van der Waals surface area contributed by atoms with Crippen molar-refractivity contribution in [3.05, 3.63) is 109 Å². The summed E-state index contributed by atoms with van der Waals surface area (Å²) in [6, 6.07) is 24.4. The molecule has 6 aromatic rings. The lowest BCUT2D eigenvalue weighted by atomic mass is 10.2. The summed E-state index contributed by atoms with van der Waals surface area (Å²) in [6.45, 7) is 1.98. The Kier molecular flexibility index (Phi) is 4.54. The summed E-state index contributed by atoms with van der Waals surface area (Å²) in [5, 5.41) is 0. The van der Waals surface area contributed by atoms with Crippen LogP contribution in [0.2, 0.25) is 0 Å². The third-order valence-electron chi connectivity index (χ3n) is 5.67. The van der Waals surface area contributed by atoms with Crippen molar-refractivity contribution in [1.82, 2.24) is 29.1 Å². The van der Waals surface area contributed by atoms with Gasteiger partial charge in [-0.15, -0.1) is 0 Å². The molecule has 5 heterocycles. The van der Waals surface area contributed by atoms with E-state index in [2.05, 4.69) is 60.5 Å². The Morgan fingerprint density at radius 3 is 2.30 bits per heavy atom. The summed E-state index contributed by atoms with van der Waals surface area (Å²) in [4.78, 5) is 18.3. The molecule has 6 nitrogen and oxygen atoms in total. The van der Waals surface area contributed by atoms with Crippen LogP contribution in [0.5, 0.6) is 0 Å². The van der Waals surface area contributed by atoms with Gasteiger partial charge in [0.15, 0.2) is 0 Å². The number of rotatable bonds is 4. The highest BCUT2D eigenvalue weighted by atomic mass is 15.1. The van der Waals surface area contributed by atoms with Crippen LogP contribution in [-0.4, -0.2) is 29.1 Å². The van der Waals surface area contributed by atoms with Crippen molar-refractivity contribution in [2.24, 2.45) is 0 Å². The molecule has 33 heavy (non-hydrogen) atoms. The van der Waals surface area contributed by atoms with Gasteiger partial charge in [0.05, 0.1) is 28.6 Å². The fourth-order valence-electron chi connectivity index (χ4n) is 3.98. The molecule has 158 valence electrons. The molecule has 6 rings (SSSR count). The summed E-state index contributed by atoms with van der Waals surface area (Å²) in [7, 11) is 0. The lowest BCUT2D eigenvalue weighted by molar-refractivity contribution is 1.04. The first-order chi connectivity index (χ1) is 16.3. The number of nitrogens with zero attached hydrogens (tertiary/aromatic N) is 6. The zero-order valence-corrected chi connectivity index (χ0v) is 18.0. The molecule has 0 aliphatic rings. The third kappa shape index (κ3) is 3.47. The largest absolute Gasteiger partial charge is 0.315 e. The van der Waals surface area contributed by atoms with E-state index in [1.54, 1.807) is 6.20 Å². The molecule has 1 aromatic carbocycles. The quantitative estimate of drug-likeness (QED) is 0.364. The molecular formula is C27H20N6. The molecule has 6 heteroatoms. The van der Waals surface area contributed by atoms with Crippen LogP contribution in [0, 0.1) is 6.92 Å². The zero-order valence-electron chi connectivity index (χ0n) is 18.0. The monoisotopic (exact) mass is 428 g/mol. The maximum absolute atomic E-state index is 4.95. The van der Waals surface area contributed by atoms with Gasteiger partial charge < -0.3 is 4.57 Å². The molecule has 0 aliphatic heterocycles. The van der Waals surface area contributed by atoms with E-state index < -0.39 is 0 Å². The Morgan fingerprint density at radius 1 is 0.667 bits per heavy atom. The number of aromatic nitrogens is 6. The second-order valence-corrected chi connectivity index (χ2v) is 7.83. The van der Waals surface area contributed by atoms with Crippen LogP contribution in [0.15, 0.2) is 104 Å². The molecule has 0 saturated carbocycles. The number of aryl methyl sites for hydroxylation is 1. The molecule has 0 bridgehead atoms. The van der Waals surface area contributed by atoms with E-state index in [1.165, 1.54) is 0 Å². The van der Waals surface area contributed by atoms with Gasteiger partial charge in [-0.25, -0.2) is 4.98 Å². The SMILES string of the molecule is Cc1ccc(-n2cc(-c3ccccn3)nc2-c2ccc(-n3ccc4ncccc43)cc2)cn1. The minimum atomic E-state index is 0.817. The fraction of sp³-hybridized carbons (Fsp3) is 0.0370. The Bertz CT molecular complexity index is 1540. The standard InChI is InChI=1S/C27H20N6/c1-19-7-10-22(17-30-19)33-18-25(23-5-2-3-14-28-23)31-27(33)20-8-11-21(12-9-20)32-16-13-24-26(32)6-4-15-29-24/h2-18H,1H3. The summed E-state index contributed by atoms with van der Waals surface area (Å²) in [6.07, 6.45) is 9.53. The average molecular weight is 428 g/mol. The Hall–Kier alpha value is -4.58.